The van der Waals surface area contributed by atoms with Gasteiger partial charge in [-0.15, -0.1) is 0 Å². The molecule has 0 spiro atoms. The molecule has 3 rings (SSSR count). The fraction of sp³-hybridized carbons (Fsp3) is 0.263. The summed E-state index contributed by atoms with van der Waals surface area (Å²) in [5, 5.41) is 20.7. The molecule has 0 aliphatic rings. The third kappa shape index (κ3) is 4.34. The second-order valence-corrected chi connectivity index (χ2v) is 6.52. The zero-order chi connectivity index (χ0) is 21.1. The SMILES string of the molecule is Cc1ccc(Nc2c(C(=O)NOC[C@H](O)CO)cc3c(ncn3C)c2F)c(F)c1. The molecule has 0 saturated carbocycles. The lowest BCUT2D eigenvalue weighted by Gasteiger charge is -2.15. The molecule has 10 heteroatoms. The fourth-order valence-corrected chi connectivity index (χ4v) is 2.69. The van der Waals surface area contributed by atoms with Crippen LogP contribution in [0.1, 0.15) is 15.9 Å². The van der Waals surface area contributed by atoms with E-state index in [9.17, 15) is 14.3 Å². The molecule has 8 nitrogen and oxygen atoms in total. The molecule has 0 unspecified atom stereocenters. The topological polar surface area (TPSA) is 109 Å². The lowest BCUT2D eigenvalue weighted by molar-refractivity contribution is -0.0295. The number of rotatable bonds is 7. The summed E-state index contributed by atoms with van der Waals surface area (Å²) in [5.41, 5.74) is 2.67. The molecule has 0 fully saturated rings. The number of benzene rings is 2. The van der Waals surface area contributed by atoms with E-state index in [1.807, 2.05) is 0 Å². The summed E-state index contributed by atoms with van der Waals surface area (Å²) in [6, 6.07) is 5.74. The van der Waals surface area contributed by atoms with Gasteiger partial charge in [0.1, 0.15) is 24.0 Å². The molecule has 0 bridgehead atoms. The summed E-state index contributed by atoms with van der Waals surface area (Å²) in [6.07, 6.45) is 0.200. The van der Waals surface area contributed by atoms with Crippen LogP contribution in [0.4, 0.5) is 20.2 Å². The van der Waals surface area contributed by atoms with Crippen LogP contribution >= 0.6 is 0 Å². The number of hydrogen-bond donors (Lipinski definition) is 4. The molecule has 4 N–H and O–H groups in total. The Morgan fingerprint density at radius 3 is 2.79 bits per heavy atom. The summed E-state index contributed by atoms with van der Waals surface area (Å²) in [7, 11) is 1.64. The van der Waals surface area contributed by atoms with E-state index in [4.69, 9.17) is 9.94 Å². The highest BCUT2D eigenvalue weighted by molar-refractivity contribution is 6.04. The molecule has 3 aromatic rings. The third-order valence-electron chi connectivity index (χ3n) is 4.24. The number of nitrogens with zero attached hydrogens (tertiary/aromatic N) is 2. The van der Waals surface area contributed by atoms with Gasteiger partial charge < -0.3 is 20.1 Å². The Morgan fingerprint density at radius 2 is 2.10 bits per heavy atom. The van der Waals surface area contributed by atoms with Crippen LogP contribution in [0, 0.1) is 18.6 Å². The molecular weight excluding hydrogens is 386 g/mol. The van der Waals surface area contributed by atoms with E-state index in [-0.39, 0.29) is 29.1 Å². The Bertz CT molecular complexity index is 1050. The number of amides is 1. The Hall–Kier alpha value is -3.08. The van der Waals surface area contributed by atoms with Crippen LogP contribution in [-0.4, -0.2) is 45.0 Å². The van der Waals surface area contributed by atoms with E-state index in [1.54, 1.807) is 20.0 Å². The second kappa shape index (κ2) is 8.52. The van der Waals surface area contributed by atoms with Crippen molar-refractivity contribution in [2.45, 2.75) is 13.0 Å². The summed E-state index contributed by atoms with van der Waals surface area (Å²) < 4.78 is 30.9. The summed E-state index contributed by atoms with van der Waals surface area (Å²) in [6.45, 7) is 0.795. The lowest BCUT2D eigenvalue weighted by Crippen LogP contribution is -2.30. The van der Waals surface area contributed by atoms with Crippen LogP contribution in [0.5, 0.6) is 0 Å². The molecule has 0 aliphatic carbocycles. The van der Waals surface area contributed by atoms with E-state index in [0.717, 1.165) is 0 Å². The summed E-state index contributed by atoms with van der Waals surface area (Å²) in [5.74, 6) is -2.27. The highest BCUT2D eigenvalue weighted by Crippen LogP contribution is 2.31. The van der Waals surface area contributed by atoms with Crippen molar-refractivity contribution in [3.8, 4) is 0 Å². The smallest absolute Gasteiger partial charge is 0.277 e. The highest BCUT2D eigenvalue weighted by Gasteiger charge is 2.22. The van der Waals surface area contributed by atoms with Crippen LogP contribution in [0.15, 0.2) is 30.6 Å². The van der Waals surface area contributed by atoms with Gasteiger partial charge in [-0.3, -0.25) is 9.63 Å². The molecular formula is C19H20F2N4O4. The fourth-order valence-electron chi connectivity index (χ4n) is 2.69. The number of aromatic nitrogens is 2. The van der Waals surface area contributed by atoms with Gasteiger partial charge in [-0.05, 0) is 30.7 Å². The molecule has 1 heterocycles. The molecule has 1 amide bonds. The van der Waals surface area contributed by atoms with Crippen molar-refractivity contribution in [1.29, 1.82) is 0 Å². The van der Waals surface area contributed by atoms with Crippen LogP contribution in [0.3, 0.4) is 0 Å². The predicted molar refractivity (Wildman–Crippen MR) is 102 cm³/mol. The Kier molecular flexibility index (Phi) is 6.06. The average molecular weight is 406 g/mol. The van der Waals surface area contributed by atoms with Crippen LogP contribution in [0.25, 0.3) is 11.0 Å². The number of halogens is 2. The van der Waals surface area contributed by atoms with Crippen LogP contribution in [0.2, 0.25) is 0 Å². The third-order valence-corrected chi connectivity index (χ3v) is 4.24. The van der Waals surface area contributed by atoms with Gasteiger partial charge in [0.2, 0.25) is 0 Å². The number of hydrogen-bond acceptors (Lipinski definition) is 6. The number of aliphatic hydroxyl groups excluding tert-OH is 2. The zero-order valence-corrected chi connectivity index (χ0v) is 15.7. The van der Waals surface area contributed by atoms with Crippen molar-refractivity contribution in [3.63, 3.8) is 0 Å². The number of aryl methyl sites for hydroxylation is 2. The number of carbonyl (C=O) groups is 1. The van der Waals surface area contributed by atoms with Gasteiger partial charge in [0.25, 0.3) is 5.91 Å². The first-order valence-electron chi connectivity index (χ1n) is 8.69. The van der Waals surface area contributed by atoms with Gasteiger partial charge in [0.15, 0.2) is 5.82 Å². The molecule has 0 aliphatic heterocycles. The minimum Gasteiger partial charge on any atom is -0.394 e. The van der Waals surface area contributed by atoms with Gasteiger partial charge in [-0.2, -0.15) is 0 Å². The first kappa shape index (κ1) is 20.6. The van der Waals surface area contributed by atoms with E-state index < -0.39 is 30.3 Å². The van der Waals surface area contributed by atoms with Crippen molar-refractivity contribution in [1.82, 2.24) is 15.0 Å². The lowest BCUT2D eigenvalue weighted by atomic mass is 10.1. The van der Waals surface area contributed by atoms with Gasteiger partial charge >= 0.3 is 0 Å². The van der Waals surface area contributed by atoms with Gasteiger partial charge in [-0.1, -0.05) is 6.07 Å². The Labute approximate surface area is 164 Å². The Morgan fingerprint density at radius 1 is 1.34 bits per heavy atom. The summed E-state index contributed by atoms with van der Waals surface area (Å²) >= 11 is 0. The van der Waals surface area contributed by atoms with Crippen molar-refractivity contribution < 1.29 is 28.6 Å². The molecule has 1 atom stereocenters. The van der Waals surface area contributed by atoms with E-state index in [1.165, 1.54) is 29.1 Å². The van der Waals surface area contributed by atoms with Crippen molar-refractivity contribution in [3.05, 3.63) is 53.4 Å². The van der Waals surface area contributed by atoms with Crippen molar-refractivity contribution in [2.24, 2.45) is 7.05 Å². The number of aliphatic hydroxyl groups is 2. The number of nitrogens with one attached hydrogen (secondary N) is 2. The first-order chi connectivity index (χ1) is 13.8. The molecule has 154 valence electrons. The number of carbonyl (C=O) groups excluding carboxylic acids is 1. The van der Waals surface area contributed by atoms with E-state index in [2.05, 4.69) is 15.8 Å². The maximum absolute atomic E-state index is 15.2. The number of imidazole rings is 1. The number of hydroxylamine groups is 1. The second-order valence-electron chi connectivity index (χ2n) is 6.52. The Balaban J connectivity index is 2.00. The standard InChI is InChI=1S/C19H20F2N4O4/c1-10-3-4-14(13(20)5-10)23-17-12(19(28)24-29-8-11(27)7-26)6-15-18(16(17)21)22-9-25(15)2/h3-6,9,11,23,26-27H,7-8H2,1-2H3,(H,24,28)/t11-/m1/s1. The maximum Gasteiger partial charge on any atom is 0.277 e. The normalized spacial score (nSPS) is 12.2. The molecule has 0 radical (unpaired) electrons. The van der Waals surface area contributed by atoms with Crippen LogP contribution in [-0.2, 0) is 11.9 Å². The quantitative estimate of drug-likeness (QED) is 0.447. The summed E-state index contributed by atoms with van der Waals surface area (Å²) in [4.78, 5) is 21.4. The zero-order valence-electron chi connectivity index (χ0n) is 15.7. The molecule has 2 aromatic carbocycles. The first-order valence-corrected chi connectivity index (χ1v) is 8.69. The maximum atomic E-state index is 15.2. The number of fused-ring (bicyclic) bond motifs is 1. The van der Waals surface area contributed by atoms with Gasteiger partial charge in [0, 0.05) is 7.05 Å². The molecule has 0 saturated heterocycles. The molecule has 1 aromatic heterocycles. The van der Waals surface area contributed by atoms with Gasteiger partial charge in [-0.25, -0.2) is 19.2 Å². The van der Waals surface area contributed by atoms with E-state index in [0.29, 0.717) is 11.1 Å². The predicted octanol–water partition coefficient (Wildman–Crippen LogP) is 1.92. The van der Waals surface area contributed by atoms with Gasteiger partial charge in [0.05, 0.1) is 35.4 Å². The number of anilines is 2. The molecule has 29 heavy (non-hydrogen) atoms. The average Bonchev–Trinajstić information content (AvgIpc) is 3.06. The largest absolute Gasteiger partial charge is 0.394 e. The monoisotopic (exact) mass is 406 g/mol. The minimum atomic E-state index is -1.19. The minimum absolute atomic E-state index is 0.00990. The van der Waals surface area contributed by atoms with Crippen molar-refractivity contribution in [2.75, 3.05) is 18.5 Å². The van der Waals surface area contributed by atoms with Crippen LogP contribution < -0.4 is 10.8 Å². The van der Waals surface area contributed by atoms with Crippen molar-refractivity contribution >= 4 is 28.3 Å². The van der Waals surface area contributed by atoms with E-state index >= 15 is 4.39 Å². The highest BCUT2D eigenvalue weighted by atomic mass is 19.1.